The first-order valence-corrected chi connectivity index (χ1v) is 7.59. The third kappa shape index (κ3) is 5.60. The standard InChI is InChI=1S/C14H14N4O4S.ClH/c1-2-22-13(20)11-9-23-14(16-11)17-12(19)8-18-5-3-10(4-6-18)7-15-21;/h3-7,9H,2,8H2,1H3,(H,16,17,19);1H. The number of nitrogens with zero attached hydrogens (tertiary/aromatic N) is 3. The van der Waals surface area contributed by atoms with Crippen LogP contribution in [0.2, 0.25) is 0 Å². The van der Waals surface area contributed by atoms with Crippen LogP contribution in [0.15, 0.2) is 35.1 Å². The van der Waals surface area contributed by atoms with Crippen LogP contribution in [-0.2, 0) is 16.1 Å². The van der Waals surface area contributed by atoms with Crippen LogP contribution in [-0.4, -0.2) is 34.9 Å². The summed E-state index contributed by atoms with van der Waals surface area (Å²) in [5.41, 5.74) is 0.885. The van der Waals surface area contributed by atoms with Crippen molar-refractivity contribution in [3.05, 3.63) is 41.2 Å². The number of halogens is 1. The van der Waals surface area contributed by atoms with Gasteiger partial charge in [-0.1, -0.05) is 5.16 Å². The lowest BCUT2D eigenvalue weighted by Crippen LogP contribution is -3.00. The minimum Gasteiger partial charge on any atom is -1.00 e. The second-order valence-corrected chi connectivity index (χ2v) is 5.21. The van der Waals surface area contributed by atoms with E-state index in [1.807, 2.05) is 0 Å². The fourth-order valence-electron chi connectivity index (χ4n) is 1.68. The van der Waals surface area contributed by atoms with E-state index < -0.39 is 5.97 Å². The van der Waals surface area contributed by atoms with Crippen LogP contribution in [0.4, 0.5) is 5.13 Å². The van der Waals surface area contributed by atoms with Gasteiger partial charge in [-0.2, -0.15) is 4.57 Å². The minimum absolute atomic E-state index is 0. The normalized spacial score (nSPS) is 10.2. The van der Waals surface area contributed by atoms with Gasteiger partial charge in [0.1, 0.15) is 0 Å². The van der Waals surface area contributed by atoms with E-state index in [0.717, 1.165) is 11.3 Å². The summed E-state index contributed by atoms with van der Waals surface area (Å²) >= 11 is 1.15. The SMILES string of the molecule is CCOC(=O)c1csc(NC(=O)C[n+]2ccc(/C=N/O)cc2)n1.[Cl-]. The smallest absolute Gasteiger partial charge is 0.357 e. The molecule has 0 radical (unpaired) electrons. The van der Waals surface area contributed by atoms with Gasteiger partial charge in [0, 0.05) is 23.1 Å². The molecule has 0 fully saturated rings. The van der Waals surface area contributed by atoms with Crippen molar-refractivity contribution in [1.29, 1.82) is 0 Å². The first-order chi connectivity index (χ1) is 11.1. The van der Waals surface area contributed by atoms with Gasteiger partial charge in [-0.25, -0.2) is 9.78 Å². The van der Waals surface area contributed by atoms with Crippen LogP contribution in [0.25, 0.3) is 0 Å². The van der Waals surface area contributed by atoms with Gasteiger partial charge in [-0.3, -0.25) is 10.1 Å². The monoisotopic (exact) mass is 370 g/mol. The highest BCUT2D eigenvalue weighted by Crippen LogP contribution is 2.15. The molecule has 128 valence electrons. The molecule has 2 aromatic rings. The van der Waals surface area contributed by atoms with E-state index in [4.69, 9.17) is 9.94 Å². The summed E-state index contributed by atoms with van der Waals surface area (Å²) in [5.74, 6) is -0.789. The van der Waals surface area contributed by atoms with Crippen LogP contribution in [0.1, 0.15) is 23.0 Å². The van der Waals surface area contributed by atoms with Gasteiger partial charge in [-0.05, 0) is 6.92 Å². The number of rotatable bonds is 6. The molecule has 10 heteroatoms. The molecule has 2 heterocycles. The molecule has 0 spiro atoms. The average molecular weight is 371 g/mol. The van der Waals surface area contributed by atoms with E-state index in [1.54, 1.807) is 36.0 Å². The largest absolute Gasteiger partial charge is 1.00 e. The number of nitrogens with one attached hydrogen (secondary N) is 1. The van der Waals surface area contributed by atoms with Crippen LogP contribution in [0, 0.1) is 0 Å². The van der Waals surface area contributed by atoms with Crippen molar-refractivity contribution >= 4 is 34.6 Å². The lowest BCUT2D eigenvalue weighted by molar-refractivity contribution is -0.684. The van der Waals surface area contributed by atoms with E-state index in [2.05, 4.69) is 15.5 Å². The fraction of sp³-hybridized carbons (Fsp3) is 0.214. The molecule has 0 aliphatic carbocycles. The zero-order valence-corrected chi connectivity index (χ0v) is 14.3. The third-order valence-electron chi connectivity index (χ3n) is 2.69. The quantitative estimate of drug-likeness (QED) is 0.202. The first-order valence-electron chi connectivity index (χ1n) is 6.71. The van der Waals surface area contributed by atoms with E-state index in [0.29, 0.717) is 10.7 Å². The molecule has 0 bridgehead atoms. The van der Waals surface area contributed by atoms with Crippen molar-refractivity contribution in [1.82, 2.24) is 4.98 Å². The number of amides is 1. The first kappa shape index (κ1) is 19.5. The summed E-state index contributed by atoms with van der Waals surface area (Å²) in [5, 5.41) is 15.8. The van der Waals surface area contributed by atoms with Crippen LogP contribution >= 0.6 is 11.3 Å². The lowest BCUT2D eigenvalue weighted by atomic mass is 10.3. The van der Waals surface area contributed by atoms with Crippen molar-refractivity contribution in [3.63, 3.8) is 0 Å². The summed E-state index contributed by atoms with van der Waals surface area (Å²) in [4.78, 5) is 27.5. The highest BCUT2D eigenvalue weighted by molar-refractivity contribution is 7.14. The third-order valence-corrected chi connectivity index (χ3v) is 3.44. The number of anilines is 1. The maximum Gasteiger partial charge on any atom is 0.357 e. The fourth-order valence-corrected chi connectivity index (χ4v) is 2.38. The zero-order chi connectivity index (χ0) is 16.7. The van der Waals surface area contributed by atoms with Crippen molar-refractivity contribution < 1.29 is 36.5 Å². The van der Waals surface area contributed by atoms with Gasteiger partial charge in [0.05, 0.1) is 12.8 Å². The number of hydrogen-bond donors (Lipinski definition) is 2. The summed E-state index contributed by atoms with van der Waals surface area (Å²) < 4.78 is 6.49. The van der Waals surface area contributed by atoms with E-state index in [-0.39, 0.29) is 37.2 Å². The van der Waals surface area contributed by atoms with Crippen molar-refractivity contribution in [2.24, 2.45) is 5.16 Å². The van der Waals surface area contributed by atoms with Gasteiger partial charge in [0.15, 0.2) is 23.2 Å². The van der Waals surface area contributed by atoms with Crippen LogP contribution < -0.4 is 22.3 Å². The summed E-state index contributed by atoms with van der Waals surface area (Å²) in [6.45, 7) is 2.07. The molecule has 0 saturated heterocycles. The Morgan fingerprint density at radius 2 is 2.17 bits per heavy atom. The lowest BCUT2D eigenvalue weighted by Gasteiger charge is -1.99. The van der Waals surface area contributed by atoms with Crippen molar-refractivity contribution in [3.8, 4) is 0 Å². The highest BCUT2D eigenvalue weighted by Gasteiger charge is 2.15. The maximum atomic E-state index is 11.9. The van der Waals surface area contributed by atoms with Gasteiger partial charge < -0.3 is 22.4 Å². The number of carbonyl (C=O) groups is 2. The number of hydrogen-bond acceptors (Lipinski definition) is 7. The summed E-state index contributed by atoms with van der Waals surface area (Å²) in [6.07, 6.45) is 4.65. The number of esters is 1. The van der Waals surface area contributed by atoms with Gasteiger partial charge in [-0.15, -0.1) is 11.3 Å². The molecule has 0 saturated carbocycles. The number of pyridine rings is 1. The minimum atomic E-state index is -0.514. The molecule has 0 aromatic carbocycles. The molecule has 2 aromatic heterocycles. The van der Waals surface area contributed by atoms with Crippen molar-refractivity contribution in [2.45, 2.75) is 13.5 Å². The Morgan fingerprint density at radius 1 is 1.46 bits per heavy atom. The van der Waals surface area contributed by atoms with Gasteiger partial charge in [0.2, 0.25) is 6.54 Å². The number of carbonyl (C=O) groups excluding carboxylic acids is 2. The number of thiazole rings is 1. The van der Waals surface area contributed by atoms with Crippen LogP contribution in [0.3, 0.4) is 0 Å². The summed E-state index contributed by atoms with van der Waals surface area (Å²) in [6, 6.07) is 3.41. The Balaban J connectivity index is 0.00000288. The predicted molar refractivity (Wildman–Crippen MR) is 82.7 cm³/mol. The Morgan fingerprint density at radius 3 is 2.79 bits per heavy atom. The maximum absolute atomic E-state index is 11.9. The molecule has 2 rings (SSSR count). The van der Waals surface area contributed by atoms with E-state index in [9.17, 15) is 9.59 Å². The Kier molecular flexibility index (Phi) is 7.80. The molecule has 0 unspecified atom stereocenters. The van der Waals surface area contributed by atoms with Crippen LogP contribution in [0.5, 0.6) is 0 Å². The Labute approximate surface area is 148 Å². The predicted octanol–water partition coefficient (Wildman–Crippen LogP) is -1.94. The molecule has 24 heavy (non-hydrogen) atoms. The zero-order valence-electron chi connectivity index (χ0n) is 12.7. The van der Waals surface area contributed by atoms with Gasteiger partial charge in [0.25, 0.3) is 5.91 Å². The summed E-state index contributed by atoms with van der Waals surface area (Å²) in [7, 11) is 0. The topological polar surface area (TPSA) is 105 Å². The molecule has 0 aliphatic rings. The molecular formula is C14H15ClN4O4S. The second kappa shape index (κ2) is 9.58. The Hall–Kier alpha value is -2.52. The number of oxime groups is 1. The van der Waals surface area contributed by atoms with E-state index in [1.165, 1.54) is 11.6 Å². The van der Waals surface area contributed by atoms with Crippen molar-refractivity contribution in [2.75, 3.05) is 11.9 Å². The van der Waals surface area contributed by atoms with Gasteiger partial charge >= 0.3 is 5.97 Å². The molecule has 0 atom stereocenters. The molecule has 1 amide bonds. The van der Waals surface area contributed by atoms with E-state index >= 15 is 0 Å². The second-order valence-electron chi connectivity index (χ2n) is 4.35. The number of ether oxygens (including phenoxy) is 1. The highest BCUT2D eigenvalue weighted by atomic mass is 35.5. The molecule has 0 aliphatic heterocycles. The molecule has 2 N–H and O–H groups in total. The number of aromatic nitrogens is 2. The molecular weight excluding hydrogens is 356 g/mol. The Bertz CT molecular complexity index is 718. The molecule has 8 nitrogen and oxygen atoms in total. The average Bonchev–Trinajstić information content (AvgIpc) is 2.98.